The maximum Gasteiger partial charge on any atom is 0.0830 e. The lowest BCUT2D eigenvalue weighted by Gasteiger charge is -2.27. The van der Waals surface area contributed by atoms with Gasteiger partial charge < -0.3 is 10.4 Å². The first kappa shape index (κ1) is 11.6. The zero-order valence-electron chi connectivity index (χ0n) is 9.95. The van der Waals surface area contributed by atoms with Crippen LogP contribution in [-0.4, -0.2) is 18.2 Å². The van der Waals surface area contributed by atoms with Crippen molar-refractivity contribution < 1.29 is 5.11 Å². The van der Waals surface area contributed by atoms with Gasteiger partial charge in [-0.05, 0) is 36.9 Å². The highest BCUT2D eigenvalue weighted by Gasteiger charge is 2.22. The summed E-state index contributed by atoms with van der Waals surface area (Å²) in [6, 6.07) is 8.37. The van der Waals surface area contributed by atoms with Crippen LogP contribution < -0.4 is 5.32 Å². The van der Waals surface area contributed by atoms with Gasteiger partial charge in [-0.25, -0.2) is 0 Å². The van der Waals surface area contributed by atoms with Crippen LogP contribution in [-0.2, 0) is 6.42 Å². The summed E-state index contributed by atoms with van der Waals surface area (Å²) in [4.78, 5) is 0. The molecule has 0 radical (unpaired) electrons. The van der Waals surface area contributed by atoms with Crippen LogP contribution in [0.4, 0.5) is 0 Å². The average Bonchev–Trinajstić information content (AvgIpc) is 2.39. The summed E-state index contributed by atoms with van der Waals surface area (Å²) < 4.78 is 0. The first-order valence-electron chi connectivity index (χ1n) is 6.29. The molecule has 1 aromatic carbocycles. The molecule has 2 N–H and O–H groups in total. The Hall–Kier alpha value is -0.860. The van der Waals surface area contributed by atoms with Crippen molar-refractivity contribution in [3.8, 4) is 0 Å². The molecule has 16 heavy (non-hydrogen) atoms. The van der Waals surface area contributed by atoms with Gasteiger partial charge in [-0.1, -0.05) is 31.2 Å². The van der Waals surface area contributed by atoms with E-state index >= 15 is 0 Å². The van der Waals surface area contributed by atoms with Crippen LogP contribution in [0.1, 0.15) is 37.0 Å². The topological polar surface area (TPSA) is 32.3 Å². The Labute approximate surface area is 97.7 Å². The van der Waals surface area contributed by atoms with Gasteiger partial charge in [0.2, 0.25) is 0 Å². The molecule has 0 saturated carbocycles. The second-order valence-electron chi connectivity index (χ2n) is 4.65. The molecule has 2 rings (SSSR count). The van der Waals surface area contributed by atoms with Crippen LogP contribution in [0.15, 0.2) is 24.3 Å². The third kappa shape index (κ3) is 2.63. The second-order valence-corrected chi connectivity index (χ2v) is 4.65. The number of piperidine rings is 1. The highest BCUT2D eigenvalue weighted by Crippen LogP contribution is 2.27. The minimum Gasteiger partial charge on any atom is -0.388 e. The van der Waals surface area contributed by atoms with Crippen LogP contribution in [0.5, 0.6) is 0 Å². The number of aliphatic hydroxyl groups is 1. The van der Waals surface area contributed by atoms with Crippen molar-refractivity contribution in [2.24, 2.45) is 5.92 Å². The molecular formula is C14H21NO. The minimum atomic E-state index is -0.307. The lowest BCUT2D eigenvalue weighted by Crippen LogP contribution is -2.33. The Morgan fingerprint density at radius 2 is 2.12 bits per heavy atom. The number of nitrogens with one attached hydrogen (secondary N) is 1. The number of hydrogen-bond donors (Lipinski definition) is 2. The molecule has 2 heteroatoms. The van der Waals surface area contributed by atoms with Crippen LogP contribution in [0, 0.1) is 5.92 Å². The fraction of sp³-hybridized carbons (Fsp3) is 0.571. The van der Waals surface area contributed by atoms with E-state index in [2.05, 4.69) is 36.5 Å². The van der Waals surface area contributed by atoms with Gasteiger partial charge in [0.05, 0.1) is 6.10 Å². The Kier molecular flexibility index (Phi) is 3.97. The van der Waals surface area contributed by atoms with Crippen molar-refractivity contribution >= 4 is 0 Å². The fourth-order valence-corrected chi connectivity index (χ4v) is 2.37. The molecule has 0 aliphatic carbocycles. The molecule has 88 valence electrons. The molecule has 0 amide bonds. The van der Waals surface area contributed by atoms with E-state index in [0.29, 0.717) is 5.92 Å². The molecule has 1 aliphatic rings. The Balaban J connectivity index is 2.04. The van der Waals surface area contributed by atoms with Crippen LogP contribution in [0.2, 0.25) is 0 Å². The quantitative estimate of drug-likeness (QED) is 0.817. The summed E-state index contributed by atoms with van der Waals surface area (Å²) in [5.74, 6) is 0.376. The molecule has 2 atom stereocenters. The summed E-state index contributed by atoms with van der Waals surface area (Å²) >= 11 is 0. The summed E-state index contributed by atoms with van der Waals surface area (Å²) in [5, 5.41) is 13.6. The van der Waals surface area contributed by atoms with Gasteiger partial charge in [-0.3, -0.25) is 0 Å². The lowest BCUT2D eigenvalue weighted by molar-refractivity contribution is 0.0921. The molecule has 0 aromatic heterocycles. The minimum absolute atomic E-state index is 0.307. The van der Waals surface area contributed by atoms with Gasteiger partial charge in [0.25, 0.3) is 0 Å². The van der Waals surface area contributed by atoms with Gasteiger partial charge >= 0.3 is 0 Å². The molecule has 0 bridgehead atoms. The van der Waals surface area contributed by atoms with E-state index in [-0.39, 0.29) is 6.10 Å². The molecule has 1 aliphatic heterocycles. The first-order chi connectivity index (χ1) is 7.81. The van der Waals surface area contributed by atoms with E-state index in [1.807, 2.05) is 0 Å². The van der Waals surface area contributed by atoms with Crippen molar-refractivity contribution in [3.63, 3.8) is 0 Å². The van der Waals surface area contributed by atoms with E-state index < -0.39 is 0 Å². The van der Waals surface area contributed by atoms with E-state index in [4.69, 9.17) is 0 Å². The normalized spacial score (nSPS) is 23.0. The van der Waals surface area contributed by atoms with Gasteiger partial charge in [-0.2, -0.15) is 0 Å². The fourth-order valence-electron chi connectivity index (χ4n) is 2.37. The van der Waals surface area contributed by atoms with Crippen LogP contribution >= 0.6 is 0 Å². The summed E-state index contributed by atoms with van der Waals surface area (Å²) in [5.41, 5.74) is 2.39. The zero-order chi connectivity index (χ0) is 11.4. The van der Waals surface area contributed by atoms with E-state index in [1.165, 1.54) is 12.0 Å². The summed E-state index contributed by atoms with van der Waals surface area (Å²) in [6.45, 7) is 4.19. The van der Waals surface area contributed by atoms with Gasteiger partial charge in [-0.15, -0.1) is 0 Å². The standard InChI is InChI=1S/C14H21NO/c1-2-11-5-7-12(8-6-11)14(16)13-4-3-9-15-10-13/h5-8,13-16H,2-4,9-10H2,1H3. The Bertz CT molecular complexity index is 314. The van der Waals surface area contributed by atoms with Crippen LogP contribution in [0.25, 0.3) is 0 Å². The number of benzene rings is 1. The molecule has 1 fully saturated rings. The third-order valence-corrected chi connectivity index (χ3v) is 3.51. The number of aliphatic hydroxyl groups excluding tert-OH is 1. The van der Waals surface area contributed by atoms with Gasteiger partial charge in [0, 0.05) is 12.5 Å². The number of rotatable bonds is 3. The number of aryl methyl sites for hydroxylation is 1. The average molecular weight is 219 g/mol. The molecule has 1 aromatic rings. The maximum atomic E-state index is 10.3. The highest BCUT2D eigenvalue weighted by atomic mass is 16.3. The molecule has 1 saturated heterocycles. The predicted molar refractivity (Wildman–Crippen MR) is 66.4 cm³/mol. The van der Waals surface area contributed by atoms with Crippen molar-refractivity contribution in [2.75, 3.05) is 13.1 Å². The lowest BCUT2D eigenvalue weighted by atomic mass is 9.89. The monoisotopic (exact) mass is 219 g/mol. The van der Waals surface area contributed by atoms with Crippen LogP contribution in [0.3, 0.4) is 0 Å². The van der Waals surface area contributed by atoms with Crippen molar-refractivity contribution in [1.82, 2.24) is 5.32 Å². The maximum absolute atomic E-state index is 10.3. The molecule has 0 spiro atoms. The molecule has 1 heterocycles. The largest absolute Gasteiger partial charge is 0.388 e. The predicted octanol–water partition coefficient (Wildman–Crippen LogP) is 2.28. The first-order valence-corrected chi connectivity index (χ1v) is 6.29. The summed E-state index contributed by atoms with van der Waals surface area (Å²) in [6.07, 6.45) is 3.05. The van der Waals surface area contributed by atoms with E-state index in [1.54, 1.807) is 0 Å². The second kappa shape index (κ2) is 5.46. The van der Waals surface area contributed by atoms with Crippen molar-refractivity contribution in [1.29, 1.82) is 0 Å². The van der Waals surface area contributed by atoms with E-state index in [0.717, 1.165) is 31.5 Å². The Morgan fingerprint density at radius 3 is 2.69 bits per heavy atom. The Morgan fingerprint density at radius 1 is 1.38 bits per heavy atom. The SMILES string of the molecule is CCc1ccc(C(O)C2CCCNC2)cc1. The van der Waals surface area contributed by atoms with E-state index in [9.17, 15) is 5.11 Å². The zero-order valence-corrected chi connectivity index (χ0v) is 9.95. The molecule has 2 unspecified atom stereocenters. The molecular weight excluding hydrogens is 198 g/mol. The smallest absolute Gasteiger partial charge is 0.0830 e. The molecule has 2 nitrogen and oxygen atoms in total. The third-order valence-electron chi connectivity index (χ3n) is 3.51. The van der Waals surface area contributed by atoms with Gasteiger partial charge in [0.1, 0.15) is 0 Å². The van der Waals surface area contributed by atoms with Crippen molar-refractivity contribution in [3.05, 3.63) is 35.4 Å². The van der Waals surface area contributed by atoms with Gasteiger partial charge in [0.15, 0.2) is 0 Å². The summed E-state index contributed by atoms with van der Waals surface area (Å²) in [7, 11) is 0. The number of hydrogen-bond acceptors (Lipinski definition) is 2. The highest BCUT2D eigenvalue weighted by molar-refractivity contribution is 5.24. The van der Waals surface area contributed by atoms with Crippen molar-refractivity contribution in [2.45, 2.75) is 32.3 Å².